The molecule has 0 spiro atoms. The van der Waals surface area contributed by atoms with Crippen LogP contribution in [-0.4, -0.2) is 66.3 Å². The highest BCUT2D eigenvalue weighted by Gasteiger charge is 2.17. The fraction of sp³-hybridized carbons (Fsp3) is 0.345. The number of nitrogens with one attached hydrogen (secondary N) is 1. The number of methoxy groups -OCH3 is 1. The molecule has 1 aliphatic heterocycles. The first kappa shape index (κ1) is 25.5. The van der Waals surface area contributed by atoms with E-state index in [1.807, 2.05) is 54.7 Å². The number of piperazine rings is 1. The molecule has 9 heteroatoms. The summed E-state index contributed by atoms with van der Waals surface area (Å²) in [5.41, 5.74) is 8.54. The number of nitrogen functional groups attached to an aromatic ring is 1. The van der Waals surface area contributed by atoms with Crippen LogP contribution in [0.15, 0.2) is 67.1 Å². The number of benzene rings is 2. The second-order valence-corrected chi connectivity index (χ2v) is 9.41. The average molecular weight is 514 g/mol. The van der Waals surface area contributed by atoms with E-state index in [0.717, 1.165) is 79.4 Å². The number of ether oxygens (including phenoxy) is 2. The van der Waals surface area contributed by atoms with Crippen LogP contribution < -0.4 is 25.4 Å². The van der Waals surface area contributed by atoms with Crippen molar-refractivity contribution in [3.8, 4) is 11.5 Å². The number of pyridine rings is 1. The van der Waals surface area contributed by atoms with E-state index in [0.29, 0.717) is 24.7 Å². The Labute approximate surface area is 223 Å². The Morgan fingerprint density at radius 2 is 1.82 bits per heavy atom. The van der Waals surface area contributed by atoms with E-state index in [2.05, 4.69) is 36.1 Å². The maximum atomic E-state index is 6.17. The first-order valence-electron chi connectivity index (χ1n) is 13.1. The Morgan fingerprint density at radius 1 is 0.921 bits per heavy atom. The molecule has 1 saturated heterocycles. The summed E-state index contributed by atoms with van der Waals surface area (Å²) in [4.78, 5) is 18.2. The standard InChI is InChI=1S/C29H35N7O2/c1-37-26-19-25-24(29(34-21-33-25)32-20-22-7-6-8-23(30)17-22)18-27(26)38-16-5-4-11-35-12-14-36(15-13-35)28-9-2-3-10-31-28/h2-3,6-10,17-19,21H,4-5,11-16,20,30H2,1H3,(H,32,33,34). The van der Waals surface area contributed by atoms with Gasteiger partial charge < -0.3 is 25.4 Å². The zero-order valence-electron chi connectivity index (χ0n) is 21.8. The van der Waals surface area contributed by atoms with Crippen LogP contribution in [0.1, 0.15) is 18.4 Å². The van der Waals surface area contributed by atoms with Crippen molar-refractivity contribution in [2.45, 2.75) is 19.4 Å². The van der Waals surface area contributed by atoms with Crippen LogP contribution >= 0.6 is 0 Å². The number of unbranched alkanes of at least 4 members (excludes halogenated alkanes) is 1. The fourth-order valence-corrected chi connectivity index (χ4v) is 4.73. The zero-order valence-corrected chi connectivity index (χ0v) is 21.8. The molecule has 4 aromatic rings. The van der Waals surface area contributed by atoms with Gasteiger partial charge in [0.15, 0.2) is 11.5 Å². The SMILES string of the molecule is COc1cc2ncnc(NCc3cccc(N)c3)c2cc1OCCCCN1CCN(c2ccccn2)CC1. The number of nitrogens with zero attached hydrogens (tertiary/aromatic N) is 5. The average Bonchev–Trinajstić information content (AvgIpc) is 2.96. The van der Waals surface area contributed by atoms with Crippen molar-refractivity contribution in [3.05, 3.63) is 72.7 Å². The van der Waals surface area contributed by atoms with Crippen LogP contribution in [0.25, 0.3) is 10.9 Å². The van der Waals surface area contributed by atoms with E-state index in [1.165, 1.54) is 0 Å². The fourth-order valence-electron chi connectivity index (χ4n) is 4.73. The molecule has 0 saturated carbocycles. The highest BCUT2D eigenvalue weighted by Crippen LogP contribution is 2.34. The minimum absolute atomic E-state index is 0.607. The Bertz CT molecular complexity index is 1330. The predicted octanol–water partition coefficient (Wildman–Crippen LogP) is 4.21. The van der Waals surface area contributed by atoms with E-state index in [1.54, 1.807) is 13.4 Å². The summed E-state index contributed by atoms with van der Waals surface area (Å²) in [6.45, 7) is 6.43. The van der Waals surface area contributed by atoms with Gasteiger partial charge in [0.05, 0.1) is 19.2 Å². The van der Waals surface area contributed by atoms with Crippen molar-refractivity contribution < 1.29 is 9.47 Å². The van der Waals surface area contributed by atoms with E-state index in [-0.39, 0.29) is 0 Å². The number of hydrogen-bond donors (Lipinski definition) is 2. The number of rotatable bonds is 11. The molecule has 0 radical (unpaired) electrons. The molecule has 1 fully saturated rings. The minimum Gasteiger partial charge on any atom is -0.493 e. The van der Waals surface area contributed by atoms with Crippen molar-refractivity contribution in [2.24, 2.45) is 0 Å². The summed E-state index contributed by atoms with van der Waals surface area (Å²) < 4.78 is 11.8. The molecule has 2 aromatic carbocycles. The van der Waals surface area contributed by atoms with Gasteiger partial charge >= 0.3 is 0 Å². The number of nitrogens with two attached hydrogens (primary N) is 1. The molecule has 0 aliphatic carbocycles. The van der Waals surface area contributed by atoms with Gasteiger partial charge in [0.25, 0.3) is 0 Å². The van der Waals surface area contributed by atoms with Crippen LogP contribution in [0, 0.1) is 0 Å². The lowest BCUT2D eigenvalue weighted by Gasteiger charge is -2.35. The summed E-state index contributed by atoms with van der Waals surface area (Å²) in [6, 6.07) is 17.8. The van der Waals surface area contributed by atoms with Gasteiger partial charge in [-0.05, 0) is 55.3 Å². The van der Waals surface area contributed by atoms with Crippen LogP contribution in [0.5, 0.6) is 11.5 Å². The van der Waals surface area contributed by atoms with E-state index < -0.39 is 0 Å². The van der Waals surface area contributed by atoms with E-state index in [4.69, 9.17) is 15.2 Å². The largest absolute Gasteiger partial charge is 0.493 e. The molecule has 1 aliphatic rings. The van der Waals surface area contributed by atoms with E-state index in [9.17, 15) is 0 Å². The Hall–Kier alpha value is -4.11. The summed E-state index contributed by atoms with van der Waals surface area (Å²) in [6.07, 6.45) is 5.46. The summed E-state index contributed by atoms with van der Waals surface area (Å²) in [5.74, 6) is 3.18. The number of hydrogen-bond acceptors (Lipinski definition) is 9. The molecular formula is C29H35N7O2. The zero-order chi connectivity index (χ0) is 26.2. The van der Waals surface area contributed by atoms with Crippen LogP contribution in [0.3, 0.4) is 0 Å². The maximum Gasteiger partial charge on any atom is 0.162 e. The highest BCUT2D eigenvalue weighted by molar-refractivity contribution is 5.91. The van der Waals surface area contributed by atoms with Crippen LogP contribution in [-0.2, 0) is 6.54 Å². The topological polar surface area (TPSA) is 102 Å². The van der Waals surface area contributed by atoms with Crippen LogP contribution in [0.2, 0.25) is 0 Å². The second kappa shape index (κ2) is 12.4. The normalized spacial score (nSPS) is 14.0. The smallest absolute Gasteiger partial charge is 0.162 e. The molecule has 0 unspecified atom stereocenters. The van der Waals surface area contributed by atoms with Crippen molar-refractivity contribution in [1.29, 1.82) is 0 Å². The van der Waals surface area contributed by atoms with E-state index >= 15 is 0 Å². The Balaban J connectivity index is 1.13. The molecule has 3 N–H and O–H groups in total. The van der Waals surface area contributed by atoms with Gasteiger partial charge in [0.2, 0.25) is 0 Å². The molecule has 0 atom stereocenters. The number of anilines is 3. The lowest BCUT2D eigenvalue weighted by Crippen LogP contribution is -2.46. The minimum atomic E-state index is 0.607. The number of aromatic nitrogens is 3. The second-order valence-electron chi connectivity index (χ2n) is 9.41. The summed E-state index contributed by atoms with van der Waals surface area (Å²) >= 11 is 0. The molecule has 0 amide bonds. The summed E-state index contributed by atoms with van der Waals surface area (Å²) in [7, 11) is 1.65. The molecule has 5 rings (SSSR count). The highest BCUT2D eigenvalue weighted by atomic mass is 16.5. The molecule has 38 heavy (non-hydrogen) atoms. The van der Waals surface area contributed by atoms with Gasteiger partial charge in [-0.2, -0.15) is 0 Å². The quantitative estimate of drug-likeness (QED) is 0.226. The third-order valence-electron chi connectivity index (χ3n) is 6.80. The molecule has 198 valence electrons. The lowest BCUT2D eigenvalue weighted by molar-refractivity contribution is 0.235. The molecule has 0 bridgehead atoms. The first-order chi connectivity index (χ1) is 18.7. The molecule has 3 heterocycles. The van der Waals surface area contributed by atoms with Gasteiger partial charge in [-0.15, -0.1) is 0 Å². The monoisotopic (exact) mass is 513 g/mol. The van der Waals surface area contributed by atoms with Crippen LogP contribution in [0.4, 0.5) is 17.3 Å². The Kier molecular flexibility index (Phi) is 8.35. The van der Waals surface area contributed by atoms with Gasteiger partial charge in [-0.3, -0.25) is 4.90 Å². The third kappa shape index (κ3) is 6.41. The summed E-state index contributed by atoms with van der Waals surface area (Å²) in [5, 5.41) is 4.29. The van der Waals surface area contributed by atoms with Crippen molar-refractivity contribution in [1.82, 2.24) is 19.9 Å². The number of fused-ring (bicyclic) bond motifs is 1. The maximum absolute atomic E-state index is 6.17. The van der Waals surface area contributed by atoms with Crippen molar-refractivity contribution in [3.63, 3.8) is 0 Å². The lowest BCUT2D eigenvalue weighted by atomic mass is 10.2. The van der Waals surface area contributed by atoms with Crippen molar-refractivity contribution in [2.75, 3.05) is 62.4 Å². The first-order valence-corrected chi connectivity index (χ1v) is 13.1. The molecule has 9 nitrogen and oxygen atoms in total. The predicted molar refractivity (Wildman–Crippen MR) is 152 cm³/mol. The Morgan fingerprint density at radius 3 is 2.61 bits per heavy atom. The van der Waals surface area contributed by atoms with Gasteiger partial charge in [0.1, 0.15) is 18.0 Å². The molecular weight excluding hydrogens is 478 g/mol. The van der Waals surface area contributed by atoms with Gasteiger partial charge in [-0.25, -0.2) is 15.0 Å². The van der Waals surface area contributed by atoms with Gasteiger partial charge in [-0.1, -0.05) is 18.2 Å². The van der Waals surface area contributed by atoms with Crippen molar-refractivity contribution >= 4 is 28.2 Å². The van der Waals surface area contributed by atoms with Gasteiger partial charge in [0, 0.05) is 56.1 Å². The third-order valence-corrected chi connectivity index (χ3v) is 6.80. The molecule has 2 aromatic heterocycles.